The Kier molecular flexibility index (Phi) is 5.71. The predicted octanol–water partition coefficient (Wildman–Crippen LogP) is 4.85. The fraction of sp³-hybridized carbons (Fsp3) is 0.312. The van der Waals surface area contributed by atoms with Crippen molar-refractivity contribution in [2.75, 3.05) is 23.3 Å². The molecule has 0 saturated carbocycles. The van der Waals surface area contributed by atoms with Crippen LogP contribution in [-0.4, -0.2) is 18.1 Å². The van der Waals surface area contributed by atoms with E-state index >= 15 is 0 Å². The van der Waals surface area contributed by atoms with Gasteiger partial charge in [-0.25, -0.2) is 4.98 Å². The van der Waals surface area contributed by atoms with Crippen molar-refractivity contribution in [1.82, 2.24) is 4.98 Å². The van der Waals surface area contributed by atoms with E-state index in [-0.39, 0.29) is 0 Å². The van der Waals surface area contributed by atoms with Crippen molar-refractivity contribution in [3.05, 3.63) is 52.1 Å². The lowest BCUT2D eigenvalue weighted by atomic mass is 10.2. The second-order valence-electron chi connectivity index (χ2n) is 4.64. The lowest BCUT2D eigenvalue weighted by Gasteiger charge is -2.19. The molecule has 1 aromatic heterocycles. The van der Waals surface area contributed by atoms with E-state index < -0.39 is 0 Å². The Morgan fingerprint density at radius 3 is 2.48 bits per heavy atom. The molecule has 21 heavy (non-hydrogen) atoms. The monoisotopic (exact) mass is 323 g/mol. The Morgan fingerprint density at radius 2 is 1.86 bits per heavy atom. The van der Waals surface area contributed by atoms with Crippen LogP contribution in [0.2, 0.25) is 10.0 Å². The minimum absolute atomic E-state index is 0.575. The van der Waals surface area contributed by atoms with Gasteiger partial charge in [0.15, 0.2) is 0 Å². The average Bonchev–Trinajstić information content (AvgIpc) is 2.51. The second-order valence-corrected chi connectivity index (χ2v) is 5.43. The summed E-state index contributed by atoms with van der Waals surface area (Å²) < 4.78 is 0. The van der Waals surface area contributed by atoms with E-state index in [1.807, 2.05) is 30.5 Å². The van der Waals surface area contributed by atoms with Crippen LogP contribution in [0.5, 0.6) is 0 Å². The van der Waals surface area contributed by atoms with E-state index in [9.17, 15) is 0 Å². The van der Waals surface area contributed by atoms with E-state index in [0.717, 1.165) is 30.2 Å². The molecule has 0 fully saturated rings. The van der Waals surface area contributed by atoms with Crippen LogP contribution in [0.25, 0.3) is 0 Å². The third-order valence-corrected chi connectivity index (χ3v) is 4.21. The zero-order valence-electron chi connectivity index (χ0n) is 12.2. The summed E-state index contributed by atoms with van der Waals surface area (Å²) >= 11 is 12.2. The number of rotatable bonds is 6. The topological polar surface area (TPSA) is 28.2 Å². The predicted molar refractivity (Wildman–Crippen MR) is 91.6 cm³/mol. The van der Waals surface area contributed by atoms with Crippen LogP contribution < -0.4 is 10.2 Å². The van der Waals surface area contributed by atoms with E-state index in [0.29, 0.717) is 16.6 Å². The van der Waals surface area contributed by atoms with Crippen molar-refractivity contribution in [1.29, 1.82) is 0 Å². The number of benzene rings is 1. The van der Waals surface area contributed by atoms with Crippen molar-refractivity contribution in [3.8, 4) is 0 Å². The molecule has 0 bridgehead atoms. The zero-order valence-corrected chi connectivity index (χ0v) is 13.7. The first kappa shape index (κ1) is 15.9. The van der Waals surface area contributed by atoms with Crippen LogP contribution in [0, 0.1) is 0 Å². The summed E-state index contributed by atoms with van der Waals surface area (Å²) in [5, 5.41) is 4.48. The standard InChI is InChI=1S/C16H19Cl2N3/c1-3-21(4-2)15-9-8-13(11-20-15)19-10-12-6-5-7-14(17)16(12)18/h5-9,11,19H,3-4,10H2,1-2H3. The SMILES string of the molecule is CCN(CC)c1ccc(NCc2cccc(Cl)c2Cl)cn1. The van der Waals surface area contributed by atoms with Gasteiger partial charge in [-0.2, -0.15) is 0 Å². The molecule has 1 heterocycles. The van der Waals surface area contributed by atoms with Crippen molar-refractivity contribution >= 4 is 34.7 Å². The Hall–Kier alpha value is -1.45. The first-order chi connectivity index (χ1) is 10.2. The van der Waals surface area contributed by atoms with Gasteiger partial charge in [-0.1, -0.05) is 35.3 Å². The smallest absolute Gasteiger partial charge is 0.128 e. The van der Waals surface area contributed by atoms with Crippen LogP contribution >= 0.6 is 23.2 Å². The first-order valence-corrected chi connectivity index (χ1v) is 7.79. The van der Waals surface area contributed by atoms with Crippen molar-refractivity contribution in [2.45, 2.75) is 20.4 Å². The highest BCUT2D eigenvalue weighted by Gasteiger charge is 2.05. The number of pyridine rings is 1. The summed E-state index contributed by atoms with van der Waals surface area (Å²) in [4.78, 5) is 6.68. The van der Waals surface area contributed by atoms with Gasteiger partial charge in [0.2, 0.25) is 0 Å². The van der Waals surface area contributed by atoms with Crippen LogP contribution in [-0.2, 0) is 6.54 Å². The Bertz CT molecular complexity index is 581. The van der Waals surface area contributed by atoms with Crippen LogP contribution in [0.15, 0.2) is 36.5 Å². The van der Waals surface area contributed by atoms with Gasteiger partial charge >= 0.3 is 0 Å². The molecule has 0 saturated heterocycles. The largest absolute Gasteiger partial charge is 0.380 e. The number of nitrogens with zero attached hydrogens (tertiary/aromatic N) is 2. The van der Waals surface area contributed by atoms with E-state index in [1.54, 1.807) is 6.07 Å². The van der Waals surface area contributed by atoms with Crippen molar-refractivity contribution in [3.63, 3.8) is 0 Å². The van der Waals surface area contributed by atoms with Gasteiger partial charge in [-0.15, -0.1) is 0 Å². The molecule has 5 heteroatoms. The molecule has 0 aliphatic carbocycles. The lowest BCUT2D eigenvalue weighted by molar-refractivity contribution is 0.846. The Balaban J connectivity index is 2.02. The Labute approximate surface area is 135 Å². The first-order valence-electron chi connectivity index (χ1n) is 7.03. The summed E-state index contributed by atoms with van der Waals surface area (Å²) in [5.74, 6) is 0.992. The summed E-state index contributed by atoms with van der Waals surface area (Å²) in [7, 11) is 0. The fourth-order valence-electron chi connectivity index (χ4n) is 2.11. The minimum atomic E-state index is 0.575. The lowest BCUT2D eigenvalue weighted by Crippen LogP contribution is -2.22. The number of nitrogens with one attached hydrogen (secondary N) is 1. The fourth-order valence-corrected chi connectivity index (χ4v) is 2.49. The summed E-state index contributed by atoms with van der Waals surface area (Å²) in [6, 6.07) is 9.69. The van der Waals surface area contributed by atoms with Gasteiger partial charge in [0.05, 0.1) is 21.9 Å². The molecular formula is C16H19Cl2N3. The number of hydrogen-bond donors (Lipinski definition) is 1. The zero-order chi connectivity index (χ0) is 15.2. The summed E-state index contributed by atoms with van der Waals surface area (Å²) in [5.41, 5.74) is 1.93. The molecule has 0 amide bonds. The molecule has 0 atom stereocenters. The molecule has 2 rings (SSSR count). The van der Waals surface area contributed by atoms with Crippen molar-refractivity contribution < 1.29 is 0 Å². The molecule has 0 radical (unpaired) electrons. The van der Waals surface area contributed by atoms with E-state index in [2.05, 4.69) is 29.0 Å². The second kappa shape index (κ2) is 7.53. The Morgan fingerprint density at radius 1 is 1.10 bits per heavy atom. The number of halogens is 2. The maximum absolute atomic E-state index is 6.17. The molecular weight excluding hydrogens is 305 g/mol. The van der Waals surface area contributed by atoms with Gasteiger partial charge in [0.25, 0.3) is 0 Å². The number of hydrogen-bond acceptors (Lipinski definition) is 3. The van der Waals surface area contributed by atoms with Gasteiger partial charge in [-0.3, -0.25) is 0 Å². The number of aromatic nitrogens is 1. The van der Waals surface area contributed by atoms with Crippen LogP contribution in [0.4, 0.5) is 11.5 Å². The molecule has 2 aromatic rings. The summed E-state index contributed by atoms with van der Waals surface area (Å²) in [6.07, 6.45) is 1.84. The third kappa shape index (κ3) is 4.02. The van der Waals surface area contributed by atoms with Gasteiger partial charge in [-0.05, 0) is 37.6 Å². The quantitative estimate of drug-likeness (QED) is 0.823. The van der Waals surface area contributed by atoms with Gasteiger partial charge in [0.1, 0.15) is 5.82 Å². The summed E-state index contributed by atoms with van der Waals surface area (Å²) in [6.45, 7) is 6.77. The van der Waals surface area contributed by atoms with E-state index in [1.165, 1.54) is 0 Å². The van der Waals surface area contributed by atoms with Crippen LogP contribution in [0.3, 0.4) is 0 Å². The molecule has 1 aromatic carbocycles. The highest BCUT2D eigenvalue weighted by Crippen LogP contribution is 2.26. The minimum Gasteiger partial charge on any atom is -0.380 e. The van der Waals surface area contributed by atoms with E-state index in [4.69, 9.17) is 23.2 Å². The molecule has 1 N–H and O–H groups in total. The van der Waals surface area contributed by atoms with Gasteiger partial charge < -0.3 is 10.2 Å². The molecule has 0 aliphatic heterocycles. The van der Waals surface area contributed by atoms with Crippen molar-refractivity contribution in [2.24, 2.45) is 0 Å². The molecule has 0 aliphatic rings. The highest BCUT2D eigenvalue weighted by molar-refractivity contribution is 6.42. The molecule has 0 spiro atoms. The molecule has 112 valence electrons. The maximum atomic E-state index is 6.17. The molecule has 0 unspecified atom stereocenters. The normalized spacial score (nSPS) is 10.5. The number of anilines is 2. The average molecular weight is 324 g/mol. The maximum Gasteiger partial charge on any atom is 0.128 e. The third-order valence-electron chi connectivity index (χ3n) is 3.35. The van der Waals surface area contributed by atoms with Crippen LogP contribution in [0.1, 0.15) is 19.4 Å². The highest BCUT2D eigenvalue weighted by atomic mass is 35.5. The molecule has 3 nitrogen and oxygen atoms in total. The van der Waals surface area contributed by atoms with Gasteiger partial charge in [0, 0.05) is 19.6 Å².